The lowest BCUT2D eigenvalue weighted by molar-refractivity contribution is 0.520. The topological polar surface area (TPSA) is 50.3 Å². The molecule has 0 atom stereocenters. The quantitative estimate of drug-likeness (QED) is 0.704. The highest BCUT2D eigenvalue weighted by molar-refractivity contribution is 7.89. The van der Waals surface area contributed by atoms with Gasteiger partial charge in [0.05, 0.1) is 0 Å². The van der Waals surface area contributed by atoms with E-state index in [1.807, 2.05) is 6.92 Å². The van der Waals surface area contributed by atoms with E-state index < -0.39 is 10.0 Å². The number of pyridine rings is 1. The zero-order valence-electron chi connectivity index (χ0n) is 7.85. The van der Waals surface area contributed by atoms with Crippen LogP contribution in [0.1, 0.15) is 5.69 Å². The lowest BCUT2D eigenvalue weighted by Crippen LogP contribution is -2.22. The van der Waals surface area contributed by atoms with E-state index in [0.717, 1.165) is 5.69 Å². The van der Waals surface area contributed by atoms with Crippen molar-refractivity contribution in [2.45, 2.75) is 11.8 Å². The number of rotatable bonds is 2. The molecule has 0 spiro atoms. The Kier molecular flexibility index (Phi) is 2.68. The third-order valence-corrected chi connectivity index (χ3v) is 3.46. The number of aromatic nitrogens is 1. The first-order valence-electron chi connectivity index (χ1n) is 3.80. The van der Waals surface area contributed by atoms with Gasteiger partial charge in [0, 0.05) is 26.0 Å². The Balaban J connectivity index is 3.17. The molecule has 0 aliphatic heterocycles. The van der Waals surface area contributed by atoms with E-state index in [1.54, 1.807) is 12.1 Å². The van der Waals surface area contributed by atoms with E-state index in [-0.39, 0.29) is 4.90 Å². The molecule has 0 bridgehead atoms. The van der Waals surface area contributed by atoms with Crippen LogP contribution in [-0.4, -0.2) is 31.8 Å². The van der Waals surface area contributed by atoms with Gasteiger partial charge in [-0.1, -0.05) is 0 Å². The van der Waals surface area contributed by atoms with Crippen LogP contribution >= 0.6 is 0 Å². The predicted octanol–water partition coefficient (Wildman–Crippen LogP) is 0.640. The Morgan fingerprint density at radius 2 is 1.92 bits per heavy atom. The van der Waals surface area contributed by atoms with Gasteiger partial charge < -0.3 is 0 Å². The van der Waals surface area contributed by atoms with Crippen molar-refractivity contribution < 1.29 is 8.42 Å². The van der Waals surface area contributed by atoms with Crippen molar-refractivity contribution >= 4 is 10.0 Å². The summed E-state index contributed by atoms with van der Waals surface area (Å²) in [5.74, 6) is 0. The van der Waals surface area contributed by atoms with Crippen molar-refractivity contribution in [1.82, 2.24) is 9.29 Å². The lowest BCUT2D eigenvalue weighted by atomic mass is 10.4. The molecule has 72 valence electrons. The molecule has 0 unspecified atom stereocenters. The Morgan fingerprint density at radius 3 is 2.31 bits per heavy atom. The van der Waals surface area contributed by atoms with Gasteiger partial charge in [-0.15, -0.1) is 0 Å². The van der Waals surface area contributed by atoms with Gasteiger partial charge in [0.2, 0.25) is 10.0 Å². The molecule has 13 heavy (non-hydrogen) atoms. The van der Waals surface area contributed by atoms with Crippen LogP contribution in [0.5, 0.6) is 0 Å². The maximum absolute atomic E-state index is 11.5. The summed E-state index contributed by atoms with van der Waals surface area (Å²) < 4.78 is 24.2. The fraction of sp³-hybridized carbons (Fsp3) is 0.375. The summed E-state index contributed by atoms with van der Waals surface area (Å²) in [6.07, 6.45) is 1.37. The smallest absolute Gasteiger partial charge is 0.244 e. The Morgan fingerprint density at radius 1 is 1.31 bits per heavy atom. The molecule has 0 radical (unpaired) electrons. The molecule has 1 rings (SSSR count). The van der Waals surface area contributed by atoms with Crippen LogP contribution in [0.3, 0.4) is 0 Å². The molecule has 0 fully saturated rings. The van der Waals surface area contributed by atoms with Gasteiger partial charge in [0.15, 0.2) is 0 Å². The van der Waals surface area contributed by atoms with Crippen LogP contribution in [0.2, 0.25) is 0 Å². The lowest BCUT2D eigenvalue weighted by Gasteiger charge is -2.10. The molecule has 0 aliphatic carbocycles. The Bertz CT molecular complexity index is 381. The molecule has 0 saturated carbocycles. The predicted molar refractivity (Wildman–Crippen MR) is 49.8 cm³/mol. The Hall–Kier alpha value is -0.940. The van der Waals surface area contributed by atoms with Gasteiger partial charge in [-0.3, -0.25) is 4.98 Å². The average molecular weight is 200 g/mol. The zero-order valence-corrected chi connectivity index (χ0v) is 8.67. The van der Waals surface area contributed by atoms with Crippen LogP contribution in [0.25, 0.3) is 0 Å². The minimum absolute atomic E-state index is 0.225. The number of sulfonamides is 1. The highest BCUT2D eigenvalue weighted by Crippen LogP contribution is 2.11. The summed E-state index contributed by atoms with van der Waals surface area (Å²) in [5.41, 5.74) is 0.803. The molecule has 0 aliphatic rings. The third-order valence-electron chi connectivity index (χ3n) is 1.66. The molecule has 0 aromatic carbocycles. The fourth-order valence-corrected chi connectivity index (χ4v) is 1.67. The first kappa shape index (κ1) is 10.1. The van der Waals surface area contributed by atoms with E-state index >= 15 is 0 Å². The van der Waals surface area contributed by atoms with Crippen LogP contribution in [-0.2, 0) is 10.0 Å². The number of aryl methyl sites for hydroxylation is 1. The maximum atomic E-state index is 11.5. The van der Waals surface area contributed by atoms with Crippen LogP contribution in [0.4, 0.5) is 0 Å². The monoisotopic (exact) mass is 200 g/mol. The Labute approximate surface area is 78.3 Å². The summed E-state index contributed by atoms with van der Waals surface area (Å²) in [6, 6.07) is 3.23. The molecule has 1 heterocycles. The van der Waals surface area contributed by atoms with Crippen molar-refractivity contribution in [2.75, 3.05) is 14.1 Å². The van der Waals surface area contributed by atoms with E-state index in [0.29, 0.717) is 0 Å². The molecule has 0 saturated heterocycles. The first-order valence-corrected chi connectivity index (χ1v) is 5.24. The largest absolute Gasteiger partial charge is 0.260 e. The minimum Gasteiger partial charge on any atom is -0.260 e. The van der Waals surface area contributed by atoms with E-state index in [4.69, 9.17) is 0 Å². The molecule has 4 nitrogen and oxygen atoms in total. The summed E-state index contributed by atoms with van der Waals surface area (Å²) in [6.45, 7) is 1.81. The summed E-state index contributed by atoms with van der Waals surface area (Å²) in [7, 11) is -0.332. The molecule has 1 aromatic rings. The second-order valence-corrected chi connectivity index (χ2v) is 5.07. The van der Waals surface area contributed by atoms with Gasteiger partial charge in [0.25, 0.3) is 0 Å². The minimum atomic E-state index is -3.32. The first-order chi connectivity index (χ1) is 5.94. The van der Waals surface area contributed by atoms with Crippen molar-refractivity contribution in [2.24, 2.45) is 0 Å². The summed E-state index contributed by atoms with van der Waals surface area (Å²) in [5, 5.41) is 0. The second-order valence-electron chi connectivity index (χ2n) is 2.92. The van der Waals surface area contributed by atoms with Crippen LogP contribution < -0.4 is 0 Å². The third kappa shape index (κ3) is 2.05. The van der Waals surface area contributed by atoms with E-state index in [1.165, 1.54) is 24.6 Å². The van der Waals surface area contributed by atoms with Crippen LogP contribution in [0.15, 0.2) is 23.2 Å². The maximum Gasteiger partial charge on any atom is 0.244 e. The van der Waals surface area contributed by atoms with Crippen molar-refractivity contribution in [3.63, 3.8) is 0 Å². The summed E-state index contributed by atoms with van der Waals surface area (Å²) >= 11 is 0. The van der Waals surface area contributed by atoms with Gasteiger partial charge in [-0.2, -0.15) is 0 Å². The van der Waals surface area contributed by atoms with Crippen molar-refractivity contribution in [3.05, 3.63) is 24.0 Å². The highest BCUT2D eigenvalue weighted by atomic mass is 32.2. The van der Waals surface area contributed by atoms with Gasteiger partial charge in [-0.05, 0) is 19.1 Å². The molecule has 0 N–H and O–H groups in total. The number of hydrogen-bond donors (Lipinski definition) is 0. The number of hydrogen-bond acceptors (Lipinski definition) is 3. The average Bonchev–Trinajstić information content (AvgIpc) is 2.04. The van der Waals surface area contributed by atoms with Crippen LogP contribution in [0, 0.1) is 6.92 Å². The van der Waals surface area contributed by atoms with E-state index in [9.17, 15) is 8.42 Å². The number of nitrogens with zero attached hydrogens (tertiary/aromatic N) is 2. The normalized spacial score (nSPS) is 12.0. The standard InChI is InChI=1S/C8H12N2O2S/c1-7-4-5-8(6-9-7)13(11,12)10(2)3/h4-6H,1-3H3. The van der Waals surface area contributed by atoms with E-state index in [2.05, 4.69) is 4.98 Å². The molecule has 0 amide bonds. The van der Waals surface area contributed by atoms with Crippen molar-refractivity contribution in [1.29, 1.82) is 0 Å². The highest BCUT2D eigenvalue weighted by Gasteiger charge is 2.16. The molecular formula is C8H12N2O2S. The fourth-order valence-electron chi connectivity index (χ4n) is 0.818. The molecule has 1 aromatic heterocycles. The SMILES string of the molecule is Cc1ccc(S(=O)(=O)N(C)C)cn1. The second kappa shape index (κ2) is 3.43. The van der Waals surface area contributed by atoms with Gasteiger partial charge >= 0.3 is 0 Å². The molecular weight excluding hydrogens is 188 g/mol. The summed E-state index contributed by atoms with van der Waals surface area (Å²) in [4.78, 5) is 4.15. The van der Waals surface area contributed by atoms with Crippen molar-refractivity contribution in [3.8, 4) is 0 Å². The zero-order chi connectivity index (χ0) is 10.1. The van der Waals surface area contributed by atoms with Gasteiger partial charge in [-0.25, -0.2) is 12.7 Å². The van der Waals surface area contributed by atoms with Gasteiger partial charge in [0.1, 0.15) is 4.90 Å². The molecule has 5 heteroatoms.